The SMILES string of the molecule is CCOc1cc(CN(c2ccc([N+](=O)[O-])cn2)C2CC2)ccc1OC(F)F. The van der Waals surface area contributed by atoms with Gasteiger partial charge in [-0.3, -0.25) is 10.1 Å². The number of benzene rings is 1. The molecule has 1 aliphatic carbocycles. The van der Waals surface area contributed by atoms with E-state index < -0.39 is 11.5 Å². The zero-order valence-electron chi connectivity index (χ0n) is 14.7. The summed E-state index contributed by atoms with van der Waals surface area (Å²) in [6.45, 7) is -0.373. The molecule has 1 saturated carbocycles. The molecule has 1 aromatic heterocycles. The fourth-order valence-corrected chi connectivity index (χ4v) is 2.75. The fraction of sp³-hybridized carbons (Fsp3) is 0.389. The summed E-state index contributed by atoms with van der Waals surface area (Å²) in [5, 5.41) is 10.8. The molecular weight excluding hydrogens is 360 g/mol. The predicted octanol–water partition coefficient (Wildman–Crippen LogP) is 4.16. The van der Waals surface area contributed by atoms with Crippen LogP contribution in [0.1, 0.15) is 25.3 Å². The molecule has 0 atom stereocenters. The largest absolute Gasteiger partial charge is 0.490 e. The van der Waals surface area contributed by atoms with Gasteiger partial charge < -0.3 is 14.4 Å². The van der Waals surface area contributed by atoms with E-state index in [9.17, 15) is 18.9 Å². The first kappa shape index (κ1) is 18.8. The van der Waals surface area contributed by atoms with Crippen molar-refractivity contribution in [1.29, 1.82) is 0 Å². The molecule has 0 bridgehead atoms. The number of pyridine rings is 1. The van der Waals surface area contributed by atoms with Gasteiger partial charge in [-0.05, 0) is 43.5 Å². The molecule has 0 amide bonds. The predicted molar refractivity (Wildman–Crippen MR) is 94.3 cm³/mol. The first-order valence-electron chi connectivity index (χ1n) is 8.55. The first-order valence-corrected chi connectivity index (χ1v) is 8.55. The Bertz CT molecular complexity index is 798. The number of hydrogen-bond donors (Lipinski definition) is 0. The lowest BCUT2D eigenvalue weighted by Crippen LogP contribution is -2.26. The Balaban J connectivity index is 1.82. The second-order valence-corrected chi connectivity index (χ2v) is 6.08. The molecule has 1 fully saturated rings. The number of rotatable bonds is 9. The lowest BCUT2D eigenvalue weighted by Gasteiger charge is -2.24. The normalized spacial score (nSPS) is 13.5. The van der Waals surface area contributed by atoms with Crippen molar-refractivity contribution < 1.29 is 23.2 Å². The fourth-order valence-electron chi connectivity index (χ4n) is 2.75. The van der Waals surface area contributed by atoms with E-state index in [0.29, 0.717) is 25.0 Å². The van der Waals surface area contributed by atoms with Crippen LogP contribution in [0.5, 0.6) is 11.5 Å². The minimum atomic E-state index is -2.93. The maximum atomic E-state index is 12.5. The topological polar surface area (TPSA) is 77.7 Å². The molecule has 1 heterocycles. The van der Waals surface area contributed by atoms with Crippen LogP contribution in [-0.4, -0.2) is 29.2 Å². The van der Waals surface area contributed by atoms with Gasteiger partial charge >= 0.3 is 6.61 Å². The molecule has 1 aromatic carbocycles. The average molecular weight is 379 g/mol. The van der Waals surface area contributed by atoms with Gasteiger partial charge in [0, 0.05) is 18.7 Å². The van der Waals surface area contributed by atoms with Crippen LogP contribution in [0.4, 0.5) is 20.3 Å². The second kappa shape index (κ2) is 8.15. The summed E-state index contributed by atoms with van der Waals surface area (Å²) in [4.78, 5) is 16.6. The minimum absolute atomic E-state index is 0.0120. The van der Waals surface area contributed by atoms with Crippen LogP contribution in [0.3, 0.4) is 0 Å². The Hall–Kier alpha value is -2.97. The molecule has 0 unspecified atom stereocenters. The highest BCUT2D eigenvalue weighted by Gasteiger charge is 2.30. The second-order valence-electron chi connectivity index (χ2n) is 6.08. The third kappa shape index (κ3) is 4.81. The van der Waals surface area contributed by atoms with Crippen molar-refractivity contribution in [2.24, 2.45) is 0 Å². The Morgan fingerprint density at radius 1 is 1.30 bits per heavy atom. The van der Waals surface area contributed by atoms with Crippen LogP contribution < -0.4 is 14.4 Å². The number of aromatic nitrogens is 1. The van der Waals surface area contributed by atoms with Gasteiger partial charge in [-0.1, -0.05) is 6.07 Å². The summed E-state index contributed by atoms with van der Waals surface area (Å²) < 4.78 is 35.0. The smallest absolute Gasteiger partial charge is 0.387 e. The Labute approximate surface area is 154 Å². The molecule has 7 nitrogen and oxygen atoms in total. The van der Waals surface area contributed by atoms with Gasteiger partial charge in [0.2, 0.25) is 0 Å². The zero-order chi connectivity index (χ0) is 19.4. The van der Waals surface area contributed by atoms with E-state index in [1.807, 2.05) is 4.90 Å². The summed E-state index contributed by atoms with van der Waals surface area (Å²) in [5.74, 6) is 0.874. The van der Waals surface area contributed by atoms with Gasteiger partial charge in [0.15, 0.2) is 11.5 Å². The van der Waals surface area contributed by atoms with Crippen molar-refractivity contribution in [3.63, 3.8) is 0 Å². The number of anilines is 1. The highest BCUT2D eigenvalue weighted by atomic mass is 19.3. The lowest BCUT2D eigenvalue weighted by atomic mass is 10.2. The van der Waals surface area contributed by atoms with Crippen LogP contribution in [-0.2, 0) is 6.54 Å². The van der Waals surface area contributed by atoms with E-state index >= 15 is 0 Å². The Morgan fingerprint density at radius 2 is 2.07 bits per heavy atom. The zero-order valence-corrected chi connectivity index (χ0v) is 14.7. The number of nitro groups is 1. The Kier molecular flexibility index (Phi) is 5.68. The van der Waals surface area contributed by atoms with E-state index in [0.717, 1.165) is 18.4 Å². The first-order chi connectivity index (χ1) is 13.0. The summed E-state index contributed by atoms with van der Waals surface area (Å²) in [7, 11) is 0. The van der Waals surface area contributed by atoms with Crippen molar-refractivity contribution in [1.82, 2.24) is 4.98 Å². The van der Waals surface area contributed by atoms with Gasteiger partial charge in [-0.15, -0.1) is 0 Å². The quantitative estimate of drug-likeness (QED) is 0.481. The van der Waals surface area contributed by atoms with Crippen LogP contribution in [0, 0.1) is 10.1 Å². The van der Waals surface area contributed by atoms with Gasteiger partial charge in [0.25, 0.3) is 5.69 Å². The molecule has 3 rings (SSSR count). The van der Waals surface area contributed by atoms with Gasteiger partial charge in [0.1, 0.15) is 12.0 Å². The molecule has 1 aliphatic rings. The highest BCUT2D eigenvalue weighted by molar-refractivity contribution is 5.48. The monoisotopic (exact) mass is 379 g/mol. The van der Waals surface area contributed by atoms with E-state index in [1.165, 1.54) is 18.3 Å². The molecule has 144 valence electrons. The molecule has 0 aliphatic heterocycles. The molecule has 0 N–H and O–H groups in total. The maximum absolute atomic E-state index is 12.5. The standard InChI is InChI=1S/C18H19F2N3O4/c1-2-26-16-9-12(3-7-15(16)27-18(19)20)11-22(13-4-5-13)17-8-6-14(10-21-17)23(24)25/h3,6-10,13,18H,2,4-5,11H2,1H3. The van der Waals surface area contributed by atoms with Crippen LogP contribution in [0.15, 0.2) is 36.5 Å². The third-order valence-electron chi connectivity index (χ3n) is 4.10. The van der Waals surface area contributed by atoms with Crippen molar-refractivity contribution in [2.45, 2.75) is 39.0 Å². The van der Waals surface area contributed by atoms with Gasteiger partial charge in [-0.2, -0.15) is 8.78 Å². The molecule has 0 radical (unpaired) electrons. The van der Waals surface area contributed by atoms with Gasteiger partial charge in [-0.25, -0.2) is 4.98 Å². The number of alkyl halides is 2. The number of ether oxygens (including phenoxy) is 2. The van der Waals surface area contributed by atoms with Crippen LogP contribution in [0.2, 0.25) is 0 Å². The van der Waals surface area contributed by atoms with Crippen molar-refractivity contribution >= 4 is 11.5 Å². The van der Waals surface area contributed by atoms with Crippen LogP contribution >= 0.6 is 0 Å². The van der Waals surface area contributed by atoms with Gasteiger partial charge in [0.05, 0.1) is 11.5 Å². The van der Waals surface area contributed by atoms with E-state index in [4.69, 9.17) is 4.74 Å². The highest BCUT2D eigenvalue weighted by Crippen LogP contribution is 2.35. The average Bonchev–Trinajstić information content (AvgIpc) is 3.46. The number of nitrogens with zero attached hydrogens (tertiary/aromatic N) is 3. The minimum Gasteiger partial charge on any atom is -0.490 e. The van der Waals surface area contributed by atoms with Crippen molar-refractivity contribution in [2.75, 3.05) is 11.5 Å². The summed E-state index contributed by atoms with van der Waals surface area (Å²) in [6.07, 6.45) is 3.24. The molecule has 0 spiro atoms. The Morgan fingerprint density at radius 3 is 2.63 bits per heavy atom. The van der Waals surface area contributed by atoms with Crippen molar-refractivity contribution in [3.05, 3.63) is 52.2 Å². The third-order valence-corrected chi connectivity index (χ3v) is 4.10. The van der Waals surface area contributed by atoms with E-state index in [1.54, 1.807) is 25.1 Å². The van der Waals surface area contributed by atoms with E-state index in [2.05, 4.69) is 9.72 Å². The number of halogens is 2. The maximum Gasteiger partial charge on any atom is 0.387 e. The molecule has 27 heavy (non-hydrogen) atoms. The summed E-state index contributed by atoms with van der Waals surface area (Å²) in [5.41, 5.74) is 0.772. The molecule has 9 heteroatoms. The molecule has 2 aromatic rings. The number of hydrogen-bond acceptors (Lipinski definition) is 6. The van der Waals surface area contributed by atoms with Crippen molar-refractivity contribution in [3.8, 4) is 11.5 Å². The van der Waals surface area contributed by atoms with Crippen LogP contribution in [0.25, 0.3) is 0 Å². The molecular formula is C18H19F2N3O4. The van der Waals surface area contributed by atoms with E-state index in [-0.39, 0.29) is 17.2 Å². The summed E-state index contributed by atoms with van der Waals surface area (Å²) >= 11 is 0. The summed E-state index contributed by atoms with van der Waals surface area (Å²) in [6, 6.07) is 8.16. The molecule has 0 saturated heterocycles. The lowest BCUT2D eigenvalue weighted by molar-refractivity contribution is -0.385.